The monoisotopic (exact) mass is 307 g/mol. The topological polar surface area (TPSA) is 29.1 Å². The Morgan fingerprint density at radius 1 is 1.25 bits per heavy atom. The lowest BCUT2D eigenvalue weighted by Gasteiger charge is -2.22. The fraction of sp³-hybridized carbons (Fsp3) is 0.500. The van der Waals surface area contributed by atoms with Crippen molar-refractivity contribution in [3.63, 3.8) is 0 Å². The van der Waals surface area contributed by atoms with Crippen LogP contribution in [0.2, 0.25) is 0 Å². The van der Waals surface area contributed by atoms with Gasteiger partial charge in [0.05, 0.1) is 5.38 Å². The molecule has 1 aromatic carbocycles. The maximum atomic E-state index is 13.4. The van der Waals surface area contributed by atoms with E-state index in [4.69, 9.17) is 11.6 Å². The van der Waals surface area contributed by atoms with E-state index in [1.54, 1.807) is 0 Å². The van der Waals surface area contributed by atoms with Crippen molar-refractivity contribution in [2.24, 2.45) is 5.41 Å². The Hall–Kier alpha value is -1.23. The molecule has 1 atom stereocenters. The Labute approximate surface area is 121 Å². The third-order valence-corrected chi connectivity index (χ3v) is 2.86. The molecular formula is C14H17ClF3NO. The molecule has 112 valence electrons. The number of carbonyl (C=O) groups excluding carboxylic acids is 1. The fourth-order valence-electron chi connectivity index (χ4n) is 1.79. The third-order valence-electron chi connectivity index (χ3n) is 2.55. The molecule has 0 radical (unpaired) electrons. The third kappa shape index (κ3) is 5.04. The summed E-state index contributed by atoms with van der Waals surface area (Å²) in [6, 6.07) is 0.927. The van der Waals surface area contributed by atoms with Crippen LogP contribution in [0.4, 0.5) is 13.2 Å². The summed E-state index contributed by atoms with van der Waals surface area (Å²) in [7, 11) is 0. The van der Waals surface area contributed by atoms with Crippen molar-refractivity contribution >= 4 is 17.5 Å². The smallest absolute Gasteiger partial charge is 0.257 e. The first-order valence-corrected chi connectivity index (χ1v) is 6.60. The van der Waals surface area contributed by atoms with Crippen molar-refractivity contribution in [3.05, 3.63) is 35.1 Å². The lowest BCUT2D eigenvalue weighted by atomic mass is 9.90. The summed E-state index contributed by atoms with van der Waals surface area (Å²) in [6.07, 6.45) is 0.628. The average molecular weight is 308 g/mol. The van der Waals surface area contributed by atoms with Crippen molar-refractivity contribution in [1.82, 2.24) is 5.32 Å². The van der Waals surface area contributed by atoms with E-state index in [0.717, 1.165) is 0 Å². The van der Waals surface area contributed by atoms with Gasteiger partial charge in [0, 0.05) is 18.7 Å². The maximum Gasteiger partial charge on any atom is 0.257 e. The molecule has 0 saturated carbocycles. The molecule has 0 spiro atoms. The summed E-state index contributed by atoms with van der Waals surface area (Å²) < 4.78 is 39.5. The Balaban J connectivity index is 2.69. The molecule has 0 fully saturated rings. The van der Waals surface area contributed by atoms with Gasteiger partial charge in [-0.25, -0.2) is 13.2 Å². The molecule has 0 saturated heterocycles. The average Bonchev–Trinajstić information content (AvgIpc) is 2.22. The van der Waals surface area contributed by atoms with Crippen LogP contribution < -0.4 is 5.32 Å². The summed E-state index contributed by atoms with van der Waals surface area (Å²) in [5, 5.41) is 1.99. The predicted octanol–water partition coefficient (Wildman–Crippen LogP) is 3.88. The second-order valence-electron chi connectivity index (χ2n) is 5.82. The number of hydrogen-bond acceptors (Lipinski definition) is 1. The highest BCUT2D eigenvalue weighted by molar-refractivity contribution is 6.21. The molecule has 0 aliphatic carbocycles. The Morgan fingerprint density at radius 2 is 1.75 bits per heavy atom. The molecule has 0 heterocycles. The molecule has 0 bridgehead atoms. The molecule has 1 rings (SSSR count). The van der Waals surface area contributed by atoms with E-state index in [-0.39, 0.29) is 17.3 Å². The van der Waals surface area contributed by atoms with E-state index in [1.165, 1.54) is 0 Å². The van der Waals surface area contributed by atoms with Gasteiger partial charge >= 0.3 is 0 Å². The Bertz CT molecular complexity index is 477. The summed E-state index contributed by atoms with van der Waals surface area (Å²) in [4.78, 5) is 11.7. The highest BCUT2D eigenvalue weighted by atomic mass is 35.5. The van der Waals surface area contributed by atoms with Crippen LogP contribution in [0.25, 0.3) is 0 Å². The van der Waals surface area contributed by atoms with Gasteiger partial charge < -0.3 is 5.32 Å². The number of nitrogens with one attached hydrogen (secondary N) is 1. The minimum absolute atomic E-state index is 0.0243. The summed E-state index contributed by atoms with van der Waals surface area (Å²) in [6.45, 7) is 6.05. The zero-order valence-corrected chi connectivity index (χ0v) is 12.3. The second-order valence-corrected chi connectivity index (χ2v) is 6.43. The van der Waals surface area contributed by atoms with Gasteiger partial charge in [0.1, 0.15) is 23.0 Å². The highest BCUT2D eigenvalue weighted by Crippen LogP contribution is 2.23. The Morgan fingerprint density at radius 3 is 2.20 bits per heavy atom. The molecule has 1 unspecified atom stereocenters. The molecular weight excluding hydrogens is 291 g/mol. The van der Waals surface area contributed by atoms with Gasteiger partial charge in [-0.15, -0.1) is 11.6 Å². The second kappa shape index (κ2) is 6.48. The molecule has 1 N–H and O–H groups in total. The molecule has 1 aromatic rings. The number of alkyl halides is 1. The van der Waals surface area contributed by atoms with Crippen molar-refractivity contribution in [1.29, 1.82) is 0 Å². The summed E-state index contributed by atoms with van der Waals surface area (Å²) >= 11 is 6.04. The number of carbonyl (C=O) groups is 1. The van der Waals surface area contributed by atoms with Crippen LogP contribution in [0.1, 0.15) is 37.6 Å². The van der Waals surface area contributed by atoms with E-state index in [1.807, 2.05) is 20.8 Å². The summed E-state index contributed by atoms with van der Waals surface area (Å²) in [5.74, 6) is -4.48. The quantitative estimate of drug-likeness (QED) is 0.840. The number of halogens is 4. The first-order valence-electron chi connectivity index (χ1n) is 6.17. The number of benzene rings is 1. The molecule has 2 nitrogen and oxygen atoms in total. The molecule has 0 aromatic heterocycles. The van der Waals surface area contributed by atoms with Crippen LogP contribution >= 0.6 is 11.6 Å². The van der Waals surface area contributed by atoms with Gasteiger partial charge in [0.2, 0.25) is 0 Å². The van der Waals surface area contributed by atoms with Crippen LogP contribution in [-0.2, 0) is 0 Å². The SMILES string of the molecule is CC(C)(C)CC(Cl)CNC(=O)c1c(F)cc(F)cc1F. The van der Waals surface area contributed by atoms with Gasteiger partial charge in [-0.05, 0) is 11.8 Å². The number of amides is 1. The van der Waals surface area contributed by atoms with E-state index in [9.17, 15) is 18.0 Å². The lowest BCUT2D eigenvalue weighted by Crippen LogP contribution is -2.32. The zero-order valence-electron chi connectivity index (χ0n) is 11.6. The highest BCUT2D eigenvalue weighted by Gasteiger charge is 2.21. The van der Waals surface area contributed by atoms with Crippen LogP contribution in [-0.4, -0.2) is 17.8 Å². The molecule has 1 amide bonds. The molecule has 0 aliphatic rings. The van der Waals surface area contributed by atoms with Gasteiger partial charge in [-0.2, -0.15) is 0 Å². The first kappa shape index (κ1) is 16.8. The zero-order chi connectivity index (χ0) is 15.5. The van der Waals surface area contributed by atoms with Crippen molar-refractivity contribution in [2.45, 2.75) is 32.6 Å². The van der Waals surface area contributed by atoms with Crippen molar-refractivity contribution in [2.75, 3.05) is 6.54 Å². The maximum absolute atomic E-state index is 13.4. The lowest BCUT2D eigenvalue weighted by molar-refractivity contribution is 0.0943. The van der Waals surface area contributed by atoms with Crippen LogP contribution in [0.5, 0.6) is 0 Å². The van der Waals surface area contributed by atoms with E-state index in [2.05, 4.69) is 5.32 Å². The van der Waals surface area contributed by atoms with Crippen molar-refractivity contribution in [3.8, 4) is 0 Å². The van der Waals surface area contributed by atoms with Crippen LogP contribution in [0.15, 0.2) is 12.1 Å². The van der Waals surface area contributed by atoms with Gasteiger partial charge in [-0.3, -0.25) is 4.79 Å². The van der Waals surface area contributed by atoms with Crippen molar-refractivity contribution < 1.29 is 18.0 Å². The number of hydrogen-bond donors (Lipinski definition) is 1. The van der Waals surface area contributed by atoms with Crippen LogP contribution in [0.3, 0.4) is 0 Å². The molecule has 6 heteroatoms. The largest absolute Gasteiger partial charge is 0.350 e. The first-order chi connectivity index (χ1) is 9.10. The van der Waals surface area contributed by atoms with Crippen LogP contribution in [0, 0.1) is 22.9 Å². The minimum atomic E-state index is -1.23. The van der Waals surface area contributed by atoms with Gasteiger partial charge in [-0.1, -0.05) is 20.8 Å². The molecule has 20 heavy (non-hydrogen) atoms. The number of rotatable bonds is 4. The van der Waals surface area contributed by atoms with E-state index >= 15 is 0 Å². The van der Waals surface area contributed by atoms with Gasteiger partial charge in [0.25, 0.3) is 5.91 Å². The summed E-state index contributed by atoms with van der Waals surface area (Å²) in [5.41, 5.74) is -0.824. The van der Waals surface area contributed by atoms with E-state index < -0.39 is 28.9 Å². The predicted molar refractivity (Wildman–Crippen MR) is 72.4 cm³/mol. The Kier molecular flexibility index (Phi) is 5.45. The normalized spacial score (nSPS) is 13.2. The standard InChI is InChI=1S/C14H17ClF3NO/c1-14(2,3)6-8(15)7-19-13(20)12-10(17)4-9(16)5-11(12)18/h4-5,8H,6-7H2,1-3H3,(H,19,20). The fourth-order valence-corrected chi connectivity index (χ4v) is 2.33. The van der Waals surface area contributed by atoms with E-state index in [0.29, 0.717) is 18.6 Å². The minimum Gasteiger partial charge on any atom is -0.350 e. The molecule has 0 aliphatic heterocycles. The van der Waals surface area contributed by atoms with Gasteiger partial charge in [0.15, 0.2) is 0 Å².